The second kappa shape index (κ2) is 6.95. The fourth-order valence-corrected chi connectivity index (χ4v) is 1.64. The summed E-state index contributed by atoms with van der Waals surface area (Å²) in [5.74, 6) is -0.0378. The first-order valence-corrected chi connectivity index (χ1v) is 5.88. The van der Waals surface area contributed by atoms with Crippen LogP contribution in [0.15, 0.2) is 10.9 Å². The van der Waals surface area contributed by atoms with E-state index in [1.54, 1.807) is 0 Å². The van der Waals surface area contributed by atoms with Crippen molar-refractivity contribution in [2.45, 2.75) is 26.2 Å². The standard InChI is InChI=1S/C10H16N4O2S/c1-2-3-7(9(11)17)10(15)12-5-4-8-13-6-14-16-8/h6-7H,2-5H2,1H3,(H2,11,17)(H,12,15). The maximum Gasteiger partial charge on any atom is 0.229 e. The van der Waals surface area contributed by atoms with Gasteiger partial charge in [0.05, 0.1) is 10.9 Å². The first-order chi connectivity index (χ1) is 8.15. The fraction of sp³-hybridized carbons (Fsp3) is 0.600. The van der Waals surface area contributed by atoms with Crippen LogP contribution in [0.3, 0.4) is 0 Å². The van der Waals surface area contributed by atoms with Crippen LogP contribution >= 0.6 is 12.2 Å². The van der Waals surface area contributed by atoms with Crippen molar-refractivity contribution in [2.24, 2.45) is 11.7 Å². The van der Waals surface area contributed by atoms with Gasteiger partial charge in [-0.15, -0.1) is 0 Å². The molecule has 3 N–H and O–H groups in total. The number of amides is 1. The molecule has 0 aliphatic carbocycles. The maximum atomic E-state index is 11.8. The molecule has 1 unspecified atom stereocenters. The van der Waals surface area contributed by atoms with Gasteiger partial charge in [-0.2, -0.15) is 4.98 Å². The van der Waals surface area contributed by atoms with Crippen molar-refractivity contribution in [3.63, 3.8) is 0 Å². The number of thiocarbonyl (C=S) groups is 1. The minimum absolute atomic E-state index is 0.140. The van der Waals surface area contributed by atoms with E-state index in [2.05, 4.69) is 15.5 Å². The second-order valence-electron chi connectivity index (χ2n) is 3.62. The summed E-state index contributed by atoms with van der Waals surface area (Å²) in [5, 5.41) is 6.23. The van der Waals surface area contributed by atoms with E-state index in [1.807, 2.05) is 6.92 Å². The minimum Gasteiger partial charge on any atom is -0.393 e. The number of hydrogen-bond donors (Lipinski definition) is 2. The Morgan fingerprint density at radius 3 is 3.00 bits per heavy atom. The number of carbonyl (C=O) groups is 1. The molecular formula is C10H16N4O2S. The van der Waals surface area contributed by atoms with Crippen LogP contribution < -0.4 is 11.1 Å². The van der Waals surface area contributed by atoms with Crippen LogP contribution in [0, 0.1) is 5.92 Å². The van der Waals surface area contributed by atoms with Crippen molar-refractivity contribution in [1.29, 1.82) is 0 Å². The zero-order valence-corrected chi connectivity index (χ0v) is 10.5. The smallest absolute Gasteiger partial charge is 0.229 e. The van der Waals surface area contributed by atoms with E-state index in [0.717, 1.165) is 6.42 Å². The Hall–Kier alpha value is -1.50. The highest BCUT2D eigenvalue weighted by Gasteiger charge is 2.19. The topological polar surface area (TPSA) is 94.0 Å². The van der Waals surface area contributed by atoms with Crippen LogP contribution in [0.25, 0.3) is 0 Å². The van der Waals surface area contributed by atoms with Gasteiger partial charge in [0.15, 0.2) is 6.33 Å². The number of nitrogens with one attached hydrogen (secondary N) is 1. The lowest BCUT2D eigenvalue weighted by atomic mass is 10.0. The molecule has 1 aromatic heterocycles. The van der Waals surface area contributed by atoms with E-state index >= 15 is 0 Å². The van der Waals surface area contributed by atoms with Crippen LogP contribution in [-0.2, 0) is 11.2 Å². The lowest BCUT2D eigenvalue weighted by Gasteiger charge is -2.13. The van der Waals surface area contributed by atoms with Crippen molar-refractivity contribution in [3.05, 3.63) is 12.2 Å². The van der Waals surface area contributed by atoms with Crippen LogP contribution in [-0.4, -0.2) is 27.6 Å². The van der Waals surface area contributed by atoms with Gasteiger partial charge >= 0.3 is 0 Å². The highest BCUT2D eigenvalue weighted by atomic mass is 32.1. The van der Waals surface area contributed by atoms with Gasteiger partial charge in [-0.1, -0.05) is 30.7 Å². The molecule has 6 nitrogen and oxygen atoms in total. The molecule has 1 amide bonds. The summed E-state index contributed by atoms with van der Waals surface area (Å²) in [6.45, 7) is 2.42. The zero-order valence-electron chi connectivity index (χ0n) is 9.68. The van der Waals surface area contributed by atoms with E-state index in [1.165, 1.54) is 6.33 Å². The van der Waals surface area contributed by atoms with Gasteiger partial charge in [0, 0.05) is 13.0 Å². The first-order valence-electron chi connectivity index (χ1n) is 5.47. The third kappa shape index (κ3) is 4.48. The molecule has 0 bridgehead atoms. The Morgan fingerprint density at radius 1 is 1.71 bits per heavy atom. The van der Waals surface area contributed by atoms with E-state index in [9.17, 15) is 4.79 Å². The molecule has 1 heterocycles. The van der Waals surface area contributed by atoms with Crippen molar-refractivity contribution in [2.75, 3.05) is 6.54 Å². The van der Waals surface area contributed by atoms with Crippen LogP contribution in [0.5, 0.6) is 0 Å². The molecule has 0 saturated carbocycles. The number of nitrogens with zero attached hydrogens (tertiary/aromatic N) is 2. The summed E-state index contributed by atoms with van der Waals surface area (Å²) in [6, 6.07) is 0. The number of hydrogen-bond acceptors (Lipinski definition) is 5. The molecule has 1 atom stereocenters. The molecule has 0 spiro atoms. The van der Waals surface area contributed by atoms with Gasteiger partial charge in [0.2, 0.25) is 11.8 Å². The molecule has 1 aromatic rings. The van der Waals surface area contributed by atoms with E-state index in [0.29, 0.717) is 25.3 Å². The number of carbonyl (C=O) groups excluding carboxylic acids is 1. The van der Waals surface area contributed by atoms with Gasteiger partial charge in [-0.25, -0.2) is 0 Å². The summed E-state index contributed by atoms with van der Waals surface area (Å²) >= 11 is 4.86. The summed E-state index contributed by atoms with van der Waals surface area (Å²) in [5.41, 5.74) is 5.52. The highest BCUT2D eigenvalue weighted by Crippen LogP contribution is 2.06. The molecule has 0 fully saturated rings. The SMILES string of the molecule is CCCC(C(=O)NCCc1ncno1)C(N)=S. The molecule has 0 aromatic carbocycles. The quantitative estimate of drug-likeness (QED) is 0.687. The third-order valence-electron chi connectivity index (χ3n) is 2.28. The lowest BCUT2D eigenvalue weighted by Crippen LogP contribution is -2.38. The van der Waals surface area contributed by atoms with Crippen molar-refractivity contribution in [1.82, 2.24) is 15.5 Å². The lowest BCUT2D eigenvalue weighted by molar-refractivity contribution is -0.123. The van der Waals surface area contributed by atoms with Gasteiger partial charge in [0.1, 0.15) is 0 Å². The second-order valence-corrected chi connectivity index (χ2v) is 4.09. The summed E-state index contributed by atoms with van der Waals surface area (Å²) in [4.78, 5) is 15.8. The van der Waals surface area contributed by atoms with Gasteiger partial charge in [0.25, 0.3) is 0 Å². The Morgan fingerprint density at radius 2 is 2.47 bits per heavy atom. The molecule has 94 valence electrons. The molecule has 0 aliphatic rings. The van der Waals surface area contributed by atoms with E-state index < -0.39 is 5.92 Å². The molecule has 0 radical (unpaired) electrons. The molecule has 0 aliphatic heterocycles. The van der Waals surface area contributed by atoms with Crippen molar-refractivity contribution >= 4 is 23.1 Å². The first kappa shape index (κ1) is 13.6. The van der Waals surface area contributed by atoms with Crippen molar-refractivity contribution < 1.29 is 9.32 Å². The van der Waals surface area contributed by atoms with E-state index in [-0.39, 0.29) is 10.9 Å². The van der Waals surface area contributed by atoms with E-state index in [4.69, 9.17) is 22.5 Å². The van der Waals surface area contributed by atoms with Crippen molar-refractivity contribution in [3.8, 4) is 0 Å². The van der Waals surface area contributed by atoms with Crippen LogP contribution in [0.1, 0.15) is 25.7 Å². The Kier molecular flexibility index (Phi) is 5.55. The predicted octanol–water partition coefficient (Wildman–Crippen LogP) is 0.431. The number of aromatic nitrogens is 2. The third-order valence-corrected chi connectivity index (χ3v) is 2.57. The monoisotopic (exact) mass is 256 g/mol. The fourth-order valence-electron chi connectivity index (χ4n) is 1.41. The minimum atomic E-state index is -0.391. The van der Waals surface area contributed by atoms with Crippen LogP contribution in [0.2, 0.25) is 0 Å². The normalized spacial score (nSPS) is 12.1. The molecule has 0 saturated heterocycles. The maximum absolute atomic E-state index is 11.8. The van der Waals surface area contributed by atoms with Crippen LogP contribution in [0.4, 0.5) is 0 Å². The molecule has 7 heteroatoms. The van der Waals surface area contributed by atoms with Gasteiger partial charge in [-0.3, -0.25) is 4.79 Å². The Balaban J connectivity index is 2.34. The number of nitrogens with two attached hydrogens (primary N) is 1. The average Bonchev–Trinajstić information content (AvgIpc) is 2.78. The zero-order chi connectivity index (χ0) is 12.7. The predicted molar refractivity (Wildman–Crippen MR) is 66.2 cm³/mol. The summed E-state index contributed by atoms with van der Waals surface area (Å²) in [6.07, 6.45) is 3.36. The summed E-state index contributed by atoms with van der Waals surface area (Å²) in [7, 11) is 0. The molecule has 1 rings (SSSR count). The average molecular weight is 256 g/mol. The molecular weight excluding hydrogens is 240 g/mol. The Labute approximate surface area is 105 Å². The molecule has 17 heavy (non-hydrogen) atoms. The van der Waals surface area contributed by atoms with Gasteiger partial charge in [-0.05, 0) is 6.42 Å². The highest BCUT2D eigenvalue weighted by molar-refractivity contribution is 7.80. The Bertz CT molecular complexity index is 366. The number of rotatable bonds is 7. The van der Waals surface area contributed by atoms with Gasteiger partial charge < -0.3 is 15.6 Å². The summed E-state index contributed by atoms with van der Waals surface area (Å²) < 4.78 is 4.81. The largest absolute Gasteiger partial charge is 0.393 e.